The van der Waals surface area contributed by atoms with E-state index < -0.39 is 0 Å². The molecule has 3 rings (SSSR count). The predicted molar refractivity (Wildman–Crippen MR) is 169 cm³/mol. The average Bonchev–Trinajstić information content (AvgIpc) is 3.33. The summed E-state index contributed by atoms with van der Waals surface area (Å²) in [6, 6.07) is 13.7. The molecule has 214 valence electrons. The lowest BCUT2D eigenvalue weighted by molar-refractivity contribution is -0.115. The molecule has 2 aromatic carbocycles. The second kappa shape index (κ2) is 18.3. The number of benzene rings is 2. The molecule has 0 saturated heterocycles. The highest BCUT2D eigenvalue weighted by molar-refractivity contribution is 8.03. The first kappa shape index (κ1) is 31.4. The maximum absolute atomic E-state index is 12.8. The van der Waals surface area contributed by atoms with Crippen LogP contribution in [0.25, 0.3) is 0 Å². The average molecular weight is 571 g/mol. The van der Waals surface area contributed by atoms with Crippen LogP contribution >= 0.6 is 23.4 Å². The van der Waals surface area contributed by atoms with Gasteiger partial charge in [-0.3, -0.25) is 4.79 Å². The monoisotopic (exact) mass is 570 g/mol. The molecule has 0 radical (unpaired) electrons. The van der Waals surface area contributed by atoms with Gasteiger partial charge in [0.15, 0.2) is 0 Å². The normalized spacial score (nSPS) is 13.0. The van der Waals surface area contributed by atoms with Gasteiger partial charge in [-0.2, -0.15) is 0 Å². The van der Waals surface area contributed by atoms with Gasteiger partial charge in [-0.1, -0.05) is 113 Å². The SMILES string of the molecule is CCCCCCCCCCCCCCOc1ccc(CC(=O)Nc2ccccc2CN2C=C(C)SC2)cc1Cl. The molecule has 1 N–H and O–H groups in total. The van der Waals surface area contributed by atoms with Crippen LogP contribution in [0.4, 0.5) is 5.69 Å². The van der Waals surface area contributed by atoms with Crippen molar-refractivity contribution in [1.29, 1.82) is 0 Å². The topological polar surface area (TPSA) is 41.6 Å². The number of unbranched alkanes of at least 4 members (excludes halogenated alkanes) is 11. The highest BCUT2D eigenvalue weighted by atomic mass is 35.5. The van der Waals surface area contributed by atoms with Crippen molar-refractivity contribution in [3.63, 3.8) is 0 Å². The van der Waals surface area contributed by atoms with E-state index in [1.165, 1.54) is 75.5 Å². The number of amides is 1. The number of hydrogen-bond donors (Lipinski definition) is 1. The smallest absolute Gasteiger partial charge is 0.228 e. The van der Waals surface area contributed by atoms with Gasteiger partial charge in [0.1, 0.15) is 5.75 Å². The van der Waals surface area contributed by atoms with E-state index >= 15 is 0 Å². The van der Waals surface area contributed by atoms with Crippen LogP contribution in [0.1, 0.15) is 102 Å². The Kier molecular flexibility index (Phi) is 14.7. The Morgan fingerprint density at radius 2 is 1.62 bits per heavy atom. The Morgan fingerprint density at radius 3 is 2.26 bits per heavy atom. The number of anilines is 1. The fraction of sp³-hybridized carbons (Fsp3) is 0.545. The van der Waals surface area contributed by atoms with Crippen molar-refractivity contribution in [2.24, 2.45) is 0 Å². The molecule has 0 fully saturated rings. The first-order valence-electron chi connectivity index (χ1n) is 14.9. The maximum atomic E-state index is 12.8. The van der Waals surface area contributed by atoms with Crippen molar-refractivity contribution in [2.75, 3.05) is 17.8 Å². The number of rotatable bonds is 19. The number of allylic oxidation sites excluding steroid dienone is 1. The summed E-state index contributed by atoms with van der Waals surface area (Å²) in [6.07, 6.45) is 18.3. The minimum Gasteiger partial charge on any atom is -0.492 e. The first-order chi connectivity index (χ1) is 19.0. The van der Waals surface area contributed by atoms with E-state index in [1.54, 1.807) is 0 Å². The van der Waals surface area contributed by atoms with Crippen molar-refractivity contribution in [1.82, 2.24) is 4.90 Å². The molecule has 4 nitrogen and oxygen atoms in total. The minimum atomic E-state index is -0.0498. The van der Waals surface area contributed by atoms with Crippen LogP contribution in [0.2, 0.25) is 5.02 Å². The van der Waals surface area contributed by atoms with Crippen LogP contribution in [0.15, 0.2) is 53.6 Å². The summed E-state index contributed by atoms with van der Waals surface area (Å²) in [5.41, 5.74) is 2.85. The maximum Gasteiger partial charge on any atom is 0.228 e. The number of para-hydroxylation sites is 1. The molecule has 0 bridgehead atoms. The van der Waals surface area contributed by atoms with Crippen LogP contribution in [0.3, 0.4) is 0 Å². The van der Waals surface area contributed by atoms with E-state index in [0.29, 0.717) is 17.4 Å². The van der Waals surface area contributed by atoms with E-state index in [4.69, 9.17) is 16.3 Å². The van der Waals surface area contributed by atoms with Gasteiger partial charge in [-0.05, 0) is 47.6 Å². The Balaban J connectivity index is 1.31. The van der Waals surface area contributed by atoms with Crippen LogP contribution in [-0.4, -0.2) is 23.3 Å². The highest BCUT2D eigenvalue weighted by Gasteiger charge is 2.14. The van der Waals surface area contributed by atoms with Gasteiger partial charge >= 0.3 is 0 Å². The number of thioether (sulfide) groups is 1. The van der Waals surface area contributed by atoms with Crippen molar-refractivity contribution in [3.8, 4) is 5.75 Å². The van der Waals surface area contributed by atoms with Gasteiger partial charge in [-0.25, -0.2) is 0 Å². The molecule has 0 saturated carbocycles. The Morgan fingerprint density at radius 1 is 0.949 bits per heavy atom. The lowest BCUT2D eigenvalue weighted by atomic mass is 10.1. The number of carbonyl (C=O) groups is 1. The molecule has 0 unspecified atom stereocenters. The van der Waals surface area contributed by atoms with E-state index in [0.717, 1.165) is 35.7 Å². The highest BCUT2D eigenvalue weighted by Crippen LogP contribution is 2.28. The van der Waals surface area contributed by atoms with Crippen molar-refractivity contribution in [3.05, 3.63) is 69.7 Å². The second-order valence-electron chi connectivity index (χ2n) is 10.6. The van der Waals surface area contributed by atoms with E-state index in [-0.39, 0.29) is 12.3 Å². The van der Waals surface area contributed by atoms with Crippen molar-refractivity contribution >= 4 is 35.0 Å². The molecule has 0 aliphatic carbocycles. The first-order valence-corrected chi connectivity index (χ1v) is 16.3. The largest absolute Gasteiger partial charge is 0.492 e. The Hall–Kier alpha value is -2.11. The van der Waals surface area contributed by atoms with Crippen LogP contribution in [0, 0.1) is 0 Å². The van der Waals surface area contributed by atoms with E-state index in [1.807, 2.05) is 48.2 Å². The third-order valence-corrected chi connectivity index (χ3v) is 8.42. The number of halogens is 1. The molecule has 0 spiro atoms. The van der Waals surface area contributed by atoms with Crippen molar-refractivity contribution < 1.29 is 9.53 Å². The Bertz CT molecular complexity index is 1040. The molecule has 1 aliphatic heterocycles. The summed E-state index contributed by atoms with van der Waals surface area (Å²) in [7, 11) is 0. The third-order valence-electron chi connectivity index (χ3n) is 7.10. The number of nitrogens with zero attached hydrogens (tertiary/aromatic N) is 1. The quantitative estimate of drug-likeness (QED) is 0.171. The summed E-state index contributed by atoms with van der Waals surface area (Å²) >= 11 is 8.33. The number of hydrogen-bond acceptors (Lipinski definition) is 4. The van der Waals surface area contributed by atoms with Crippen LogP contribution < -0.4 is 10.1 Å². The van der Waals surface area contributed by atoms with Crippen LogP contribution in [0.5, 0.6) is 5.75 Å². The number of carbonyl (C=O) groups excluding carboxylic acids is 1. The standard InChI is InChI=1S/C33H47ClN2O2S/c1-3-4-5-6-7-8-9-10-11-12-13-16-21-38-32-20-19-28(22-30(32)34)23-33(37)35-31-18-15-14-17-29(31)25-36-24-27(2)39-26-36/h14-15,17-20,22,24H,3-13,16,21,23,25-26H2,1-2H3,(H,35,37). The molecule has 39 heavy (non-hydrogen) atoms. The molecular formula is C33H47ClN2O2S. The number of ether oxygens (including phenoxy) is 1. The molecule has 0 atom stereocenters. The predicted octanol–water partition coefficient (Wildman–Crippen LogP) is 9.97. The molecular weight excluding hydrogens is 524 g/mol. The van der Waals surface area contributed by atoms with E-state index in [2.05, 4.69) is 36.3 Å². The second-order valence-corrected chi connectivity index (χ2v) is 12.2. The van der Waals surface area contributed by atoms with Gasteiger partial charge in [0, 0.05) is 18.4 Å². The lowest BCUT2D eigenvalue weighted by Gasteiger charge is -2.18. The van der Waals surface area contributed by atoms with Gasteiger partial charge < -0.3 is 15.0 Å². The summed E-state index contributed by atoms with van der Waals surface area (Å²) in [5.74, 6) is 1.59. The Labute approximate surface area is 245 Å². The molecule has 6 heteroatoms. The zero-order valence-corrected chi connectivity index (χ0v) is 25.6. The fourth-order valence-corrected chi connectivity index (χ4v) is 5.90. The molecule has 1 aliphatic rings. The summed E-state index contributed by atoms with van der Waals surface area (Å²) in [4.78, 5) is 16.4. The van der Waals surface area contributed by atoms with Gasteiger partial charge in [0.2, 0.25) is 5.91 Å². The van der Waals surface area contributed by atoms with Crippen molar-refractivity contribution in [2.45, 2.75) is 104 Å². The van der Waals surface area contributed by atoms with Gasteiger partial charge in [-0.15, -0.1) is 11.8 Å². The third kappa shape index (κ3) is 12.3. The molecule has 2 aromatic rings. The number of nitrogens with one attached hydrogen (secondary N) is 1. The summed E-state index contributed by atoms with van der Waals surface area (Å²) in [6.45, 7) is 5.85. The molecule has 0 aromatic heterocycles. The van der Waals surface area contributed by atoms with Gasteiger partial charge in [0.05, 0.1) is 23.9 Å². The zero-order valence-electron chi connectivity index (χ0n) is 24.0. The minimum absolute atomic E-state index is 0.0498. The summed E-state index contributed by atoms with van der Waals surface area (Å²) < 4.78 is 5.93. The van der Waals surface area contributed by atoms with Crippen LogP contribution in [-0.2, 0) is 17.8 Å². The lowest BCUT2D eigenvalue weighted by Crippen LogP contribution is -2.18. The van der Waals surface area contributed by atoms with Gasteiger partial charge in [0.25, 0.3) is 0 Å². The summed E-state index contributed by atoms with van der Waals surface area (Å²) in [5, 5.41) is 3.65. The fourth-order valence-electron chi connectivity index (χ4n) is 4.88. The zero-order chi connectivity index (χ0) is 27.7. The molecule has 1 heterocycles. The van der Waals surface area contributed by atoms with E-state index in [9.17, 15) is 4.79 Å². The molecule has 1 amide bonds.